The maximum atomic E-state index is 13.7. The highest BCUT2D eigenvalue weighted by Gasteiger charge is 2.11. The van der Waals surface area contributed by atoms with E-state index in [2.05, 4.69) is 21.2 Å². The lowest BCUT2D eigenvalue weighted by molar-refractivity contribution is 0.0146. The third-order valence-electron chi connectivity index (χ3n) is 2.74. The van der Waals surface area contributed by atoms with Crippen LogP contribution in [0.2, 0.25) is 0 Å². The van der Waals surface area contributed by atoms with E-state index in [9.17, 15) is 13.2 Å². The van der Waals surface area contributed by atoms with Crippen LogP contribution in [0.15, 0.2) is 22.7 Å². The largest absolute Gasteiger partial charge is 0.375 e. The summed E-state index contributed by atoms with van der Waals surface area (Å²) >= 11 is 3.20. The smallest absolute Gasteiger partial charge is 0.261 e. The molecule has 0 saturated heterocycles. The topological polar surface area (TPSA) is 21.3 Å². The lowest BCUT2D eigenvalue weighted by Crippen LogP contribution is -2.29. The Bertz CT molecular complexity index is 390. The Morgan fingerprint density at radius 3 is 2.68 bits per heavy atom. The number of hydrogen-bond acceptors (Lipinski definition) is 2. The number of ether oxygens (including phenoxy) is 1. The summed E-state index contributed by atoms with van der Waals surface area (Å²) in [5.74, 6) is -0.275. The van der Waals surface area contributed by atoms with Crippen LogP contribution in [-0.2, 0) is 11.2 Å². The van der Waals surface area contributed by atoms with Crippen LogP contribution in [0.25, 0.3) is 0 Å². The zero-order valence-corrected chi connectivity index (χ0v) is 12.2. The Hall–Kier alpha value is -0.590. The van der Waals surface area contributed by atoms with Crippen molar-refractivity contribution < 1.29 is 17.9 Å². The monoisotopic (exact) mass is 339 g/mol. The third-order valence-corrected chi connectivity index (χ3v) is 3.24. The van der Waals surface area contributed by atoms with Gasteiger partial charge in [-0.3, -0.25) is 0 Å². The van der Waals surface area contributed by atoms with Gasteiger partial charge in [-0.05, 0) is 37.6 Å². The van der Waals surface area contributed by atoms with E-state index in [4.69, 9.17) is 4.74 Å². The molecule has 2 nitrogen and oxygen atoms in total. The fourth-order valence-corrected chi connectivity index (χ4v) is 2.03. The van der Waals surface area contributed by atoms with Gasteiger partial charge in [0.15, 0.2) is 0 Å². The number of alkyl halides is 2. The van der Waals surface area contributed by atoms with E-state index in [1.165, 1.54) is 6.07 Å². The van der Waals surface area contributed by atoms with Crippen LogP contribution in [0.1, 0.15) is 12.0 Å². The molecule has 0 saturated carbocycles. The molecule has 0 aliphatic rings. The maximum absolute atomic E-state index is 13.7. The molecule has 6 heteroatoms. The van der Waals surface area contributed by atoms with Gasteiger partial charge in [-0.2, -0.15) is 0 Å². The minimum Gasteiger partial charge on any atom is -0.375 e. The van der Waals surface area contributed by atoms with Gasteiger partial charge in [-0.1, -0.05) is 22.0 Å². The minimum absolute atomic E-state index is 0.00616. The van der Waals surface area contributed by atoms with Crippen LogP contribution in [0, 0.1) is 5.82 Å². The van der Waals surface area contributed by atoms with Crippen molar-refractivity contribution in [3.05, 3.63) is 34.1 Å². The molecule has 0 aromatic heterocycles. The highest BCUT2D eigenvalue weighted by atomic mass is 79.9. The van der Waals surface area contributed by atoms with Crippen molar-refractivity contribution in [1.29, 1.82) is 0 Å². The summed E-state index contributed by atoms with van der Waals surface area (Å²) in [7, 11) is 1.76. The van der Waals surface area contributed by atoms with Crippen molar-refractivity contribution in [2.75, 3.05) is 20.3 Å². The normalized spacial score (nSPS) is 12.9. The molecule has 1 atom stereocenters. The molecule has 0 bridgehead atoms. The van der Waals surface area contributed by atoms with E-state index in [1.54, 1.807) is 19.2 Å². The minimum atomic E-state index is -2.45. The van der Waals surface area contributed by atoms with E-state index in [-0.39, 0.29) is 18.5 Å². The Morgan fingerprint density at radius 2 is 2.11 bits per heavy atom. The number of benzene rings is 1. The predicted molar refractivity (Wildman–Crippen MR) is 72.1 cm³/mol. The van der Waals surface area contributed by atoms with E-state index >= 15 is 0 Å². The van der Waals surface area contributed by atoms with Gasteiger partial charge in [0.05, 0.1) is 0 Å². The SMILES string of the molecule is CNC(CCOCC(F)F)Cc1ccc(Br)cc1F. The fraction of sp³-hybridized carbons (Fsp3) is 0.538. The molecule has 0 aliphatic heterocycles. The average Bonchev–Trinajstić information content (AvgIpc) is 2.35. The highest BCUT2D eigenvalue weighted by molar-refractivity contribution is 9.10. The molecule has 1 unspecified atom stereocenters. The summed E-state index contributed by atoms with van der Waals surface area (Å²) in [6.45, 7) is -0.322. The first-order chi connectivity index (χ1) is 9.02. The highest BCUT2D eigenvalue weighted by Crippen LogP contribution is 2.17. The number of halogens is 4. The number of nitrogens with one attached hydrogen (secondary N) is 1. The van der Waals surface area contributed by atoms with Crippen molar-refractivity contribution in [3.8, 4) is 0 Å². The molecule has 0 amide bonds. The van der Waals surface area contributed by atoms with Crippen molar-refractivity contribution in [2.45, 2.75) is 25.3 Å². The van der Waals surface area contributed by atoms with Crippen LogP contribution in [-0.4, -0.2) is 32.7 Å². The lowest BCUT2D eigenvalue weighted by Gasteiger charge is -2.16. The van der Waals surface area contributed by atoms with Crippen LogP contribution >= 0.6 is 15.9 Å². The van der Waals surface area contributed by atoms with E-state index < -0.39 is 13.0 Å². The molecular formula is C13H17BrF3NO. The quantitative estimate of drug-likeness (QED) is 0.733. The first-order valence-electron chi connectivity index (χ1n) is 6.00. The summed E-state index contributed by atoms with van der Waals surface area (Å²) in [5.41, 5.74) is 0.594. The molecule has 0 heterocycles. The second-order valence-electron chi connectivity index (χ2n) is 4.18. The molecule has 0 spiro atoms. The zero-order chi connectivity index (χ0) is 14.3. The fourth-order valence-electron chi connectivity index (χ4n) is 1.70. The molecule has 19 heavy (non-hydrogen) atoms. The van der Waals surface area contributed by atoms with Gasteiger partial charge in [0.25, 0.3) is 6.43 Å². The summed E-state index contributed by atoms with van der Waals surface area (Å²) in [5, 5.41) is 3.03. The molecule has 0 fully saturated rings. The van der Waals surface area contributed by atoms with Gasteiger partial charge >= 0.3 is 0 Å². The second kappa shape index (κ2) is 8.55. The summed E-state index contributed by atoms with van der Waals surface area (Å²) in [6.07, 6.45) is -1.40. The van der Waals surface area contributed by atoms with E-state index in [0.29, 0.717) is 22.9 Å². The molecule has 0 radical (unpaired) electrons. The van der Waals surface area contributed by atoms with Crippen molar-refractivity contribution in [3.63, 3.8) is 0 Å². The van der Waals surface area contributed by atoms with Crippen LogP contribution in [0.5, 0.6) is 0 Å². The Labute approximate surface area is 119 Å². The lowest BCUT2D eigenvalue weighted by atomic mass is 10.0. The van der Waals surface area contributed by atoms with Crippen LogP contribution in [0.4, 0.5) is 13.2 Å². The first kappa shape index (κ1) is 16.5. The van der Waals surface area contributed by atoms with Gasteiger partial charge < -0.3 is 10.1 Å². The third kappa shape index (κ3) is 6.40. The Morgan fingerprint density at radius 1 is 1.37 bits per heavy atom. The molecular weight excluding hydrogens is 323 g/mol. The molecule has 1 rings (SSSR count). The molecule has 1 aromatic carbocycles. The molecule has 0 aliphatic carbocycles. The summed E-state index contributed by atoms with van der Waals surface area (Å²) < 4.78 is 42.9. The van der Waals surface area contributed by atoms with E-state index in [1.807, 2.05) is 0 Å². The van der Waals surface area contributed by atoms with Crippen molar-refractivity contribution >= 4 is 15.9 Å². The van der Waals surface area contributed by atoms with Gasteiger partial charge in [-0.25, -0.2) is 13.2 Å². The first-order valence-corrected chi connectivity index (χ1v) is 6.79. The van der Waals surface area contributed by atoms with E-state index in [0.717, 1.165) is 0 Å². The molecule has 108 valence electrons. The van der Waals surface area contributed by atoms with Crippen molar-refractivity contribution in [2.24, 2.45) is 0 Å². The van der Waals surface area contributed by atoms with Crippen LogP contribution in [0.3, 0.4) is 0 Å². The predicted octanol–water partition coefficient (Wildman–Crippen LogP) is 3.39. The maximum Gasteiger partial charge on any atom is 0.261 e. The Kier molecular flexibility index (Phi) is 7.41. The number of likely N-dealkylation sites (N-methyl/N-ethyl adjacent to an activating group) is 1. The second-order valence-corrected chi connectivity index (χ2v) is 5.10. The standard InChI is InChI=1S/C13H17BrF3NO/c1-18-11(4-5-19-8-13(16)17)6-9-2-3-10(14)7-12(9)15/h2-3,7,11,13,18H,4-6,8H2,1H3. The molecule has 1 aromatic rings. The van der Waals surface area contributed by atoms with Crippen molar-refractivity contribution in [1.82, 2.24) is 5.32 Å². The zero-order valence-electron chi connectivity index (χ0n) is 10.6. The summed E-state index contributed by atoms with van der Waals surface area (Å²) in [4.78, 5) is 0. The number of rotatable bonds is 8. The van der Waals surface area contributed by atoms with Gasteiger partial charge in [0.2, 0.25) is 0 Å². The summed E-state index contributed by atoms with van der Waals surface area (Å²) in [6, 6.07) is 4.89. The number of hydrogen-bond donors (Lipinski definition) is 1. The van der Waals surface area contributed by atoms with Crippen LogP contribution < -0.4 is 5.32 Å². The van der Waals surface area contributed by atoms with Gasteiger partial charge in [-0.15, -0.1) is 0 Å². The average molecular weight is 340 g/mol. The molecule has 1 N–H and O–H groups in total. The Balaban J connectivity index is 2.43. The van der Waals surface area contributed by atoms with Gasteiger partial charge in [0.1, 0.15) is 12.4 Å². The van der Waals surface area contributed by atoms with Gasteiger partial charge in [0, 0.05) is 17.1 Å².